The molecule has 1 N–H and O–H groups in total. The molecule has 0 bridgehead atoms. The number of nitrogens with zero attached hydrogens (tertiary/aromatic N) is 5. The van der Waals surface area contributed by atoms with Crippen molar-refractivity contribution in [3.8, 4) is 0 Å². The smallest absolute Gasteiger partial charge is 0.409 e. The van der Waals surface area contributed by atoms with Gasteiger partial charge in [-0.05, 0) is 6.92 Å². The number of hydrogen-bond acceptors (Lipinski definition) is 8. The van der Waals surface area contributed by atoms with Crippen LogP contribution in [-0.4, -0.2) is 98.0 Å². The molecule has 0 aliphatic carbocycles. The van der Waals surface area contributed by atoms with Gasteiger partial charge in [0.2, 0.25) is 0 Å². The average Bonchev–Trinajstić information content (AvgIpc) is 2.69. The van der Waals surface area contributed by atoms with Crippen molar-refractivity contribution in [2.24, 2.45) is 0 Å². The summed E-state index contributed by atoms with van der Waals surface area (Å²) in [5.74, 6) is 1.72. The molecule has 2 saturated heterocycles. The van der Waals surface area contributed by atoms with E-state index >= 15 is 0 Å². The van der Waals surface area contributed by atoms with Crippen LogP contribution in [0.1, 0.15) is 6.92 Å². The molecule has 2 aliphatic rings. The molecule has 2 fully saturated rings. The predicted octanol–water partition coefficient (Wildman–Crippen LogP) is 0.499. The zero-order valence-corrected chi connectivity index (χ0v) is 15.4. The Morgan fingerprint density at radius 3 is 2.69 bits per heavy atom. The van der Waals surface area contributed by atoms with E-state index in [2.05, 4.69) is 25.1 Å². The van der Waals surface area contributed by atoms with Crippen LogP contribution in [0, 0.1) is 0 Å². The number of amides is 1. The number of morpholine rings is 1. The lowest BCUT2D eigenvalue weighted by atomic mass is 10.3. The number of carbonyl (C=O) groups excluding carboxylic acids is 1. The van der Waals surface area contributed by atoms with Crippen LogP contribution >= 0.6 is 0 Å². The first kappa shape index (κ1) is 18.7. The molecular formula is C17H28N6O3. The molecule has 9 nitrogen and oxygen atoms in total. The number of carbonyl (C=O) groups is 1. The van der Waals surface area contributed by atoms with Crippen LogP contribution in [0.15, 0.2) is 12.4 Å². The summed E-state index contributed by atoms with van der Waals surface area (Å²) in [6.45, 7) is 10.4. The largest absolute Gasteiger partial charge is 0.450 e. The highest BCUT2D eigenvalue weighted by molar-refractivity contribution is 5.68. The van der Waals surface area contributed by atoms with Crippen molar-refractivity contribution >= 4 is 17.7 Å². The molecule has 1 aromatic heterocycles. The summed E-state index contributed by atoms with van der Waals surface area (Å²) < 4.78 is 10.4. The van der Waals surface area contributed by atoms with Crippen molar-refractivity contribution in [2.75, 3.05) is 82.4 Å². The lowest BCUT2D eigenvalue weighted by Crippen LogP contribution is -2.49. The Bertz CT molecular complexity index is 573. The van der Waals surface area contributed by atoms with E-state index in [1.54, 1.807) is 11.2 Å². The number of hydrogen-bond donors (Lipinski definition) is 1. The average molecular weight is 364 g/mol. The van der Waals surface area contributed by atoms with Crippen molar-refractivity contribution in [3.05, 3.63) is 12.4 Å². The normalized spacial score (nSPS) is 18.7. The third-order valence-electron chi connectivity index (χ3n) is 4.62. The molecule has 0 spiro atoms. The van der Waals surface area contributed by atoms with Gasteiger partial charge in [0.05, 0.1) is 19.8 Å². The Kier molecular flexibility index (Phi) is 6.84. The fraction of sp³-hybridized carbons (Fsp3) is 0.706. The first-order valence-corrected chi connectivity index (χ1v) is 9.29. The Morgan fingerprint density at radius 2 is 1.96 bits per heavy atom. The summed E-state index contributed by atoms with van der Waals surface area (Å²) in [6.07, 6.45) is 1.35. The molecule has 3 heterocycles. The second kappa shape index (κ2) is 9.54. The van der Waals surface area contributed by atoms with E-state index in [4.69, 9.17) is 9.47 Å². The minimum Gasteiger partial charge on any atom is -0.450 e. The van der Waals surface area contributed by atoms with E-state index < -0.39 is 0 Å². The molecule has 9 heteroatoms. The number of aromatic nitrogens is 2. The van der Waals surface area contributed by atoms with Crippen LogP contribution < -0.4 is 10.2 Å². The van der Waals surface area contributed by atoms with Gasteiger partial charge < -0.3 is 24.6 Å². The zero-order valence-electron chi connectivity index (χ0n) is 15.4. The molecule has 2 aliphatic heterocycles. The highest BCUT2D eigenvalue weighted by Crippen LogP contribution is 2.16. The highest BCUT2D eigenvalue weighted by Gasteiger charge is 2.22. The molecule has 0 radical (unpaired) electrons. The van der Waals surface area contributed by atoms with Crippen LogP contribution in [0.25, 0.3) is 0 Å². The number of anilines is 2. The molecule has 0 aromatic carbocycles. The Balaban J connectivity index is 1.46. The fourth-order valence-electron chi connectivity index (χ4n) is 3.12. The Hall–Kier alpha value is -2.13. The summed E-state index contributed by atoms with van der Waals surface area (Å²) in [5, 5.41) is 3.37. The first-order chi connectivity index (χ1) is 12.8. The maximum Gasteiger partial charge on any atom is 0.409 e. The highest BCUT2D eigenvalue weighted by atomic mass is 16.6. The van der Waals surface area contributed by atoms with Gasteiger partial charge in [0, 0.05) is 58.4 Å². The van der Waals surface area contributed by atoms with Crippen molar-refractivity contribution in [3.63, 3.8) is 0 Å². The molecule has 26 heavy (non-hydrogen) atoms. The van der Waals surface area contributed by atoms with Gasteiger partial charge in [-0.3, -0.25) is 4.90 Å². The molecule has 1 amide bonds. The minimum atomic E-state index is -0.236. The van der Waals surface area contributed by atoms with Crippen molar-refractivity contribution in [1.82, 2.24) is 19.8 Å². The van der Waals surface area contributed by atoms with E-state index in [0.29, 0.717) is 19.7 Å². The van der Waals surface area contributed by atoms with Crippen LogP contribution in [0.2, 0.25) is 0 Å². The second-order valence-electron chi connectivity index (χ2n) is 6.32. The van der Waals surface area contributed by atoms with Crippen molar-refractivity contribution in [1.29, 1.82) is 0 Å². The van der Waals surface area contributed by atoms with Crippen LogP contribution in [-0.2, 0) is 9.47 Å². The molecule has 0 atom stereocenters. The summed E-state index contributed by atoms with van der Waals surface area (Å²) in [7, 11) is 0. The molecule has 144 valence electrons. The van der Waals surface area contributed by atoms with Crippen LogP contribution in [0.5, 0.6) is 0 Å². The van der Waals surface area contributed by atoms with E-state index in [9.17, 15) is 4.79 Å². The summed E-state index contributed by atoms with van der Waals surface area (Å²) in [4.78, 5) is 26.8. The van der Waals surface area contributed by atoms with E-state index in [0.717, 1.165) is 64.1 Å². The summed E-state index contributed by atoms with van der Waals surface area (Å²) in [5.41, 5.74) is 0. The Morgan fingerprint density at radius 1 is 1.19 bits per heavy atom. The maximum absolute atomic E-state index is 11.8. The van der Waals surface area contributed by atoms with Gasteiger partial charge in [0.1, 0.15) is 18.0 Å². The third kappa shape index (κ3) is 5.18. The topological polar surface area (TPSA) is 83.1 Å². The molecule has 3 rings (SSSR count). The van der Waals surface area contributed by atoms with Crippen LogP contribution in [0.3, 0.4) is 0 Å². The first-order valence-electron chi connectivity index (χ1n) is 9.29. The SMILES string of the molecule is CCOC(=O)N1CCN(c2cc(NCCN3CCOCC3)ncn2)CC1. The van der Waals surface area contributed by atoms with E-state index in [1.807, 2.05) is 13.0 Å². The van der Waals surface area contributed by atoms with Crippen molar-refractivity contribution < 1.29 is 14.3 Å². The number of nitrogens with one attached hydrogen (secondary N) is 1. The second-order valence-corrected chi connectivity index (χ2v) is 6.32. The minimum absolute atomic E-state index is 0.236. The third-order valence-corrected chi connectivity index (χ3v) is 4.62. The molecule has 1 aromatic rings. The zero-order chi connectivity index (χ0) is 18.2. The lowest BCUT2D eigenvalue weighted by molar-refractivity contribution is 0.0398. The Labute approximate surface area is 154 Å². The van der Waals surface area contributed by atoms with Gasteiger partial charge in [0.25, 0.3) is 0 Å². The molecule has 0 unspecified atom stereocenters. The summed E-state index contributed by atoms with van der Waals surface area (Å²) in [6, 6.07) is 1.97. The predicted molar refractivity (Wildman–Crippen MR) is 98.6 cm³/mol. The van der Waals surface area contributed by atoms with E-state index in [-0.39, 0.29) is 6.09 Å². The van der Waals surface area contributed by atoms with Crippen molar-refractivity contribution in [2.45, 2.75) is 6.92 Å². The standard InChI is InChI=1S/C17H28N6O3/c1-2-26-17(24)23-7-5-22(6-8-23)16-13-15(19-14-20-16)18-3-4-21-9-11-25-12-10-21/h13-14H,2-12H2,1H3,(H,18,19,20). The lowest BCUT2D eigenvalue weighted by Gasteiger charge is -2.34. The quantitative estimate of drug-likeness (QED) is 0.781. The summed E-state index contributed by atoms with van der Waals surface area (Å²) >= 11 is 0. The number of piperazine rings is 1. The van der Waals surface area contributed by atoms with Crippen LogP contribution in [0.4, 0.5) is 16.4 Å². The fourth-order valence-corrected chi connectivity index (χ4v) is 3.12. The van der Waals surface area contributed by atoms with Gasteiger partial charge in [0.15, 0.2) is 0 Å². The van der Waals surface area contributed by atoms with Gasteiger partial charge in [-0.1, -0.05) is 0 Å². The van der Waals surface area contributed by atoms with Gasteiger partial charge in [-0.2, -0.15) is 0 Å². The number of ether oxygens (including phenoxy) is 2. The van der Waals surface area contributed by atoms with Gasteiger partial charge in [-0.15, -0.1) is 0 Å². The van der Waals surface area contributed by atoms with Gasteiger partial charge >= 0.3 is 6.09 Å². The molecular weight excluding hydrogens is 336 g/mol. The number of rotatable bonds is 6. The van der Waals surface area contributed by atoms with E-state index in [1.165, 1.54) is 0 Å². The van der Waals surface area contributed by atoms with Gasteiger partial charge in [-0.25, -0.2) is 14.8 Å². The maximum atomic E-state index is 11.8. The monoisotopic (exact) mass is 364 g/mol. The molecule has 0 saturated carbocycles.